The molecule has 0 unspecified atom stereocenters. The molecule has 6 heteroatoms. The molecule has 2 aromatic rings. The summed E-state index contributed by atoms with van der Waals surface area (Å²) < 4.78 is 10.7. The molecule has 1 saturated heterocycles. The molecule has 1 aliphatic heterocycles. The van der Waals surface area contributed by atoms with Crippen molar-refractivity contribution in [1.82, 2.24) is 15.2 Å². The molecule has 6 nitrogen and oxygen atoms in total. The molecule has 23 heavy (non-hydrogen) atoms. The number of aromatic nitrogens is 1. The SMILES string of the molecule is CCOC(=O)N1CCC(NCCc2nc3ccccc3o2)CC1. The van der Waals surface area contributed by atoms with Crippen molar-refractivity contribution in [3.05, 3.63) is 30.2 Å². The Morgan fingerprint density at radius 1 is 1.39 bits per heavy atom. The molecule has 1 amide bonds. The van der Waals surface area contributed by atoms with Crippen molar-refractivity contribution in [3.8, 4) is 0 Å². The number of likely N-dealkylation sites (tertiary alicyclic amines) is 1. The summed E-state index contributed by atoms with van der Waals surface area (Å²) in [7, 11) is 0. The summed E-state index contributed by atoms with van der Waals surface area (Å²) in [6, 6.07) is 8.24. The number of benzene rings is 1. The average Bonchev–Trinajstić information content (AvgIpc) is 2.98. The second kappa shape index (κ2) is 7.46. The van der Waals surface area contributed by atoms with Gasteiger partial charge in [0.25, 0.3) is 0 Å². The summed E-state index contributed by atoms with van der Waals surface area (Å²) in [5.74, 6) is 0.766. The normalized spacial score (nSPS) is 16.0. The Bertz CT molecular complexity index is 614. The van der Waals surface area contributed by atoms with Gasteiger partial charge in [-0.15, -0.1) is 0 Å². The number of ether oxygens (including phenoxy) is 1. The molecule has 0 radical (unpaired) electrons. The van der Waals surface area contributed by atoms with Crippen LogP contribution in [0.2, 0.25) is 0 Å². The number of fused-ring (bicyclic) bond motifs is 1. The summed E-state index contributed by atoms with van der Waals surface area (Å²) in [6.07, 6.45) is 2.48. The van der Waals surface area contributed by atoms with Crippen LogP contribution >= 0.6 is 0 Å². The first-order chi connectivity index (χ1) is 11.3. The number of para-hydroxylation sites is 2. The molecule has 1 aromatic heterocycles. The van der Waals surface area contributed by atoms with E-state index in [4.69, 9.17) is 9.15 Å². The maximum atomic E-state index is 11.7. The van der Waals surface area contributed by atoms with E-state index in [9.17, 15) is 4.79 Å². The van der Waals surface area contributed by atoms with Gasteiger partial charge in [-0.3, -0.25) is 0 Å². The number of carbonyl (C=O) groups is 1. The minimum atomic E-state index is -0.197. The highest BCUT2D eigenvalue weighted by Gasteiger charge is 2.23. The molecule has 124 valence electrons. The summed E-state index contributed by atoms with van der Waals surface area (Å²) >= 11 is 0. The second-order valence-electron chi connectivity index (χ2n) is 5.74. The van der Waals surface area contributed by atoms with E-state index in [1.807, 2.05) is 31.2 Å². The summed E-state index contributed by atoms with van der Waals surface area (Å²) in [5.41, 5.74) is 1.75. The van der Waals surface area contributed by atoms with E-state index in [1.54, 1.807) is 4.90 Å². The lowest BCUT2D eigenvalue weighted by molar-refractivity contribution is 0.0951. The predicted octanol–water partition coefficient (Wildman–Crippen LogP) is 2.58. The number of piperidine rings is 1. The highest BCUT2D eigenvalue weighted by Crippen LogP contribution is 2.15. The maximum Gasteiger partial charge on any atom is 0.409 e. The van der Waals surface area contributed by atoms with Crippen molar-refractivity contribution in [2.24, 2.45) is 0 Å². The number of rotatable bonds is 5. The molecule has 0 saturated carbocycles. The number of oxazole rings is 1. The van der Waals surface area contributed by atoms with Crippen molar-refractivity contribution < 1.29 is 13.9 Å². The fourth-order valence-corrected chi connectivity index (χ4v) is 2.89. The van der Waals surface area contributed by atoms with Gasteiger partial charge in [0.05, 0.1) is 6.61 Å². The van der Waals surface area contributed by atoms with Crippen molar-refractivity contribution >= 4 is 17.2 Å². The van der Waals surface area contributed by atoms with Gasteiger partial charge in [0, 0.05) is 32.1 Å². The van der Waals surface area contributed by atoms with Crippen LogP contribution < -0.4 is 5.32 Å². The van der Waals surface area contributed by atoms with Crippen LogP contribution in [0.5, 0.6) is 0 Å². The van der Waals surface area contributed by atoms with Gasteiger partial charge < -0.3 is 19.4 Å². The van der Waals surface area contributed by atoms with Crippen LogP contribution in [0.25, 0.3) is 11.1 Å². The third-order valence-corrected chi connectivity index (χ3v) is 4.13. The Hall–Kier alpha value is -2.08. The fraction of sp³-hybridized carbons (Fsp3) is 0.529. The molecule has 0 spiro atoms. The van der Waals surface area contributed by atoms with E-state index in [0.29, 0.717) is 12.6 Å². The van der Waals surface area contributed by atoms with Crippen LogP contribution in [-0.4, -0.2) is 48.3 Å². The highest BCUT2D eigenvalue weighted by atomic mass is 16.6. The zero-order chi connectivity index (χ0) is 16.1. The van der Waals surface area contributed by atoms with Crippen molar-refractivity contribution in [2.75, 3.05) is 26.2 Å². The number of nitrogens with one attached hydrogen (secondary N) is 1. The lowest BCUT2D eigenvalue weighted by Gasteiger charge is -2.31. The van der Waals surface area contributed by atoms with E-state index in [-0.39, 0.29) is 6.09 Å². The molecular weight excluding hydrogens is 294 g/mol. The van der Waals surface area contributed by atoms with E-state index in [1.165, 1.54) is 0 Å². The third kappa shape index (κ3) is 4.01. The van der Waals surface area contributed by atoms with Crippen LogP contribution in [-0.2, 0) is 11.2 Å². The number of carbonyl (C=O) groups excluding carboxylic acids is 1. The minimum absolute atomic E-state index is 0.197. The van der Waals surface area contributed by atoms with Crippen molar-refractivity contribution in [2.45, 2.75) is 32.2 Å². The Morgan fingerprint density at radius 2 is 2.17 bits per heavy atom. The topological polar surface area (TPSA) is 67.6 Å². The molecule has 1 N–H and O–H groups in total. The van der Waals surface area contributed by atoms with E-state index in [0.717, 1.165) is 55.9 Å². The second-order valence-corrected chi connectivity index (χ2v) is 5.74. The molecule has 3 rings (SSSR count). The number of nitrogens with zero attached hydrogens (tertiary/aromatic N) is 2. The third-order valence-electron chi connectivity index (χ3n) is 4.13. The van der Waals surface area contributed by atoms with Gasteiger partial charge in [0.2, 0.25) is 0 Å². The van der Waals surface area contributed by atoms with Crippen LogP contribution in [0.3, 0.4) is 0 Å². The largest absolute Gasteiger partial charge is 0.450 e. The number of hydrogen-bond donors (Lipinski definition) is 1. The molecular formula is C17H23N3O3. The van der Waals surface area contributed by atoms with Gasteiger partial charge in [-0.05, 0) is 31.9 Å². The van der Waals surface area contributed by atoms with Gasteiger partial charge >= 0.3 is 6.09 Å². The molecule has 1 aliphatic rings. The van der Waals surface area contributed by atoms with Gasteiger partial charge in [-0.1, -0.05) is 12.1 Å². The quantitative estimate of drug-likeness (QED) is 0.918. The first kappa shape index (κ1) is 15.8. The Kier molecular flexibility index (Phi) is 5.12. The molecule has 0 atom stereocenters. The zero-order valence-electron chi connectivity index (χ0n) is 13.5. The minimum Gasteiger partial charge on any atom is -0.450 e. The van der Waals surface area contributed by atoms with E-state index in [2.05, 4.69) is 10.3 Å². The highest BCUT2D eigenvalue weighted by molar-refractivity contribution is 5.72. The smallest absolute Gasteiger partial charge is 0.409 e. The van der Waals surface area contributed by atoms with Crippen LogP contribution in [0.4, 0.5) is 4.79 Å². The molecule has 1 aromatic carbocycles. The standard InChI is InChI=1S/C17H23N3O3/c1-2-22-17(21)20-11-8-13(9-12-20)18-10-7-16-19-14-5-3-4-6-15(14)23-16/h3-6,13,18H,2,7-12H2,1H3. The molecule has 2 heterocycles. The maximum absolute atomic E-state index is 11.7. The first-order valence-electron chi connectivity index (χ1n) is 8.26. The van der Waals surface area contributed by atoms with Gasteiger partial charge in [-0.2, -0.15) is 0 Å². The average molecular weight is 317 g/mol. The predicted molar refractivity (Wildman–Crippen MR) is 87.3 cm³/mol. The Balaban J connectivity index is 1.41. The summed E-state index contributed by atoms with van der Waals surface area (Å²) in [6.45, 7) is 4.59. The lowest BCUT2D eigenvalue weighted by atomic mass is 10.1. The molecule has 0 bridgehead atoms. The van der Waals surface area contributed by atoms with Gasteiger partial charge in [0.1, 0.15) is 5.52 Å². The van der Waals surface area contributed by atoms with Crippen LogP contribution in [0, 0.1) is 0 Å². The number of hydrogen-bond acceptors (Lipinski definition) is 5. The van der Waals surface area contributed by atoms with Crippen LogP contribution in [0.1, 0.15) is 25.7 Å². The van der Waals surface area contributed by atoms with Gasteiger partial charge in [-0.25, -0.2) is 9.78 Å². The Morgan fingerprint density at radius 3 is 2.91 bits per heavy atom. The van der Waals surface area contributed by atoms with E-state index < -0.39 is 0 Å². The Labute approximate surface area is 135 Å². The lowest BCUT2D eigenvalue weighted by Crippen LogP contribution is -2.45. The van der Waals surface area contributed by atoms with Gasteiger partial charge in [0.15, 0.2) is 11.5 Å². The zero-order valence-corrected chi connectivity index (χ0v) is 13.5. The van der Waals surface area contributed by atoms with E-state index >= 15 is 0 Å². The first-order valence-corrected chi connectivity index (χ1v) is 8.26. The summed E-state index contributed by atoms with van der Waals surface area (Å²) in [4.78, 5) is 17.9. The summed E-state index contributed by atoms with van der Waals surface area (Å²) in [5, 5.41) is 3.53. The number of amides is 1. The fourth-order valence-electron chi connectivity index (χ4n) is 2.89. The monoisotopic (exact) mass is 317 g/mol. The van der Waals surface area contributed by atoms with Crippen molar-refractivity contribution in [3.63, 3.8) is 0 Å². The molecule has 1 fully saturated rings. The van der Waals surface area contributed by atoms with Crippen molar-refractivity contribution in [1.29, 1.82) is 0 Å². The van der Waals surface area contributed by atoms with Crippen LogP contribution in [0.15, 0.2) is 28.7 Å². The molecule has 0 aliphatic carbocycles.